The lowest BCUT2D eigenvalue weighted by Gasteiger charge is -2.09. The molecule has 0 atom stereocenters. The van der Waals surface area contributed by atoms with Crippen LogP contribution in [0.2, 0.25) is 0 Å². The third-order valence-electron chi connectivity index (χ3n) is 1.63. The molecule has 1 N–H and O–H groups in total. The molecule has 3 nitrogen and oxygen atoms in total. The summed E-state index contributed by atoms with van der Waals surface area (Å²) in [4.78, 5) is 10.4. The number of nitriles is 1. The van der Waals surface area contributed by atoms with Crippen molar-refractivity contribution in [2.24, 2.45) is 0 Å². The van der Waals surface area contributed by atoms with Crippen LogP contribution in [0.5, 0.6) is 0 Å². The fourth-order valence-corrected chi connectivity index (χ4v) is 2.37. The molecule has 90 valence electrons. The topological polar surface area (TPSA) is 61.1 Å². The number of thioether (sulfide) groups is 1. The van der Waals surface area contributed by atoms with Crippen LogP contribution in [0.1, 0.15) is 15.9 Å². The van der Waals surface area contributed by atoms with Crippen molar-refractivity contribution in [2.75, 3.05) is 0 Å². The Labute approximate surface area is 106 Å². The minimum atomic E-state index is -4.58. The first kappa shape index (κ1) is 13.9. The minimum absolute atomic E-state index is 0.167. The molecular formula is C9H3BrF3NO2S. The van der Waals surface area contributed by atoms with Gasteiger partial charge < -0.3 is 5.11 Å². The van der Waals surface area contributed by atoms with Crippen LogP contribution in [0.25, 0.3) is 0 Å². The van der Waals surface area contributed by atoms with E-state index < -0.39 is 39.3 Å². The van der Waals surface area contributed by atoms with Crippen LogP contribution in [-0.4, -0.2) is 16.6 Å². The quantitative estimate of drug-likeness (QED) is 0.843. The zero-order valence-corrected chi connectivity index (χ0v) is 10.3. The first-order valence-corrected chi connectivity index (χ1v) is 5.58. The van der Waals surface area contributed by atoms with Gasteiger partial charge in [0.15, 0.2) is 0 Å². The monoisotopic (exact) mass is 325 g/mol. The van der Waals surface area contributed by atoms with E-state index in [1.54, 1.807) is 0 Å². The summed E-state index contributed by atoms with van der Waals surface area (Å²) in [7, 11) is 0. The lowest BCUT2D eigenvalue weighted by molar-refractivity contribution is -0.0328. The lowest BCUT2D eigenvalue weighted by atomic mass is 10.1. The van der Waals surface area contributed by atoms with Gasteiger partial charge in [0.2, 0.25) is 0 Å². The number of nitrogens with zero attached hydrogens (tertiary/aromatic N) is 1. The molecule has 0 bridgehead atoms. The van der Waals surface area contributed by atoms with Crippen LogP contribution in [0, 0.1) is 11.3 Å². The van der Waals surface area contributed by atoms with Gasteiger partial charge in [0.1, 0.15) is 6.07 Å². The van der Waals surface area contributed by atoms with Crippen LogP contribution in [-0.2, 0) is 0 Å². The maximum atomic E-state index is 12.2. The van der Waals surface area contributed by atoms with E-state index in [0.29, 0.717) is 0 Å². The number of carboxylic acids is 1. The predicted octanol–water partition coefficient (Wildman–Crippen LogP) is 3.63. The highest BCUT2D eigenvalue weighted by Gasteiger charge is 2.32. The van der Waals surface area contributed by atoms with E-state index in [1.807, 2.05) is 0 Å². The zero-order chi connectivity index (χ0) is 13.2. The van der Waals surface area contributed by atoms with E-state index in [4.69, 9.17) is 10.4 Å². The lowest BCUT2D eigenvalue weighted by Crippen LogP contribution is -2.05. The van der Waals surface area contributed by atoms with Gasteiger partial charge in [0, 0.05) is 9.37 Å². The van der Waals surface area contributed by atoms with Crippen molar-refractivity contribution in [2.45, 2.75) is 10.4 Å². The number of aromatic carboxylic acids is 1. The van der Waals surface area contributed by atoms with E-state index in [2.05, 4.69) is 15.9 Å². The average Bonchev–Trinajstić information content (AvgIpc) is 2.14. The highest BCUT2D eigenvalue weighted by Crippen LogP contribution is 2.40. The molecule has 0 heterocycles. The largest absolute Gasteiger partial charge is 0.478 e. The Kier molecular flexibility index (Phi) is 4.06. The smallest absolute Gasteiger partial charge is 0.446 e. The van der Waals surface area contributed by atoms with Crippen LogP contribution in [0.3, 0.4) is 0 Å². The fourth-order valence-electron chi connectivity index (χ4n) is 1.07. The zero-order valence-electron chi connectivity index (χ0n) is 7.88. The van der Waals surface area contributed by atoms with E-state index in [1.165, 1.54) is 6.07 Å². The number of benzene rings is 1. The van der Waals surface area contributed by atoms with Crippen molar-refractivity contribution in [1.82, 2.24) is 0 Å². The first-order valence-electron chi connectivity index (χ1n) is 3.97. The number of hydrogen-bond acceptors (Lipinski definition) is 3. The van der Waals surface area contributed by atoms with E-state index >= 15 is 0 Å². The summed E-state index contributed by atoms with van der Waals surface area (Å²) in [6.45, 7) is 0. The molecule has 0 aromatic heterocycles. The number of halogens is 4. The minimum Gasteiger partial charge on any atom is -0.478 e. The summed E-state index contributed by atoms with van der Waals surface area (Å²) in [5, 5.41) is 17.5. The summed E-state index contributed by atoms with van der Waals surface area (Å²) in [5.74, 6) is -1.45. The van der Waals surface area contributed by atoms with Crippen LogP contribution < -0.4 is 0 Å². The van der Waals surface area contributed by atoms with Crippen LogP contribution in [0.4, 0.5) is 13.2 Å². The Morgan fingerprint density at radius 3 is 2.47 bits per heavy atom. The molecule has 0 amide bonds. The summed E-state index contributed by atoms with van der Waals surface area (Å²) in [6.07, 6.45) is 0. The number of alkyl halides is 3. The van der Waals surface area contributed by atoms with Crippen molar-refractivity contribution >= 4 is 33.7 Å². The van der Waals surface area contributed by atoms with Crippen LogP contribution >= 0.6 is 27.7 Å². The van der Waals surface area contributed by atoms with Gasteiger partial charge >= 0.3 is 11.5 Å². The second kappa shape index (κ2) is 4.98. The van der Waals surface area contributed by atoms with Gasteiger partial charge in [-0.05, 0) is 23.9 Å². The Balaban J connectivity index is 3.40. The predicted molar refractivity (Wildman–Crippen MR) is 57.7 cm³/mol. The highest BCUT2D eigenvalue weighted by atomic mass is 79.9. The van der Waals surface area contributed by atoms with Gasteiger partial charge in [0.25, 0.3) is 0 Å². The molecule has 0 spiro atoms. The first-order chi connectivity index (χ1) is 7.74. The molecule has 0 aliphatic heterocycles. The summed E-state index contributed by atoms with van der Waals surface area (Å²) >= 11 is 2.38. The normalized spacial score (nSPS) is 11.0. The summed E-state index contributed by atoms with van der Waals surface area (Å²) in [5.41, 5.74) is -5.54. The number of rotatable bonds is 2. The Morgan fingerprint density at radius 1 is 1.47 bits per heavy atom. The summed E-state index contributed by atoms with van der Waals surface area (Å²) in [6, 6.07) is 3.62. The molecule has 17 heavy (non-hydrogen) atoms. The van der Waals surface area contributed by atoms with Gasteiger partial charge in [-0.25, -0.2) is 4.79 Å². The number of carboxylic acid groups (broad SMARTS) is 1. The second-order valence-electron chi connectivity index (χ2n) is 2.79. The maximum absolute atomic E-state index is 12.2. The van der Waals surface area contributed by atoms with Crippen LogP contribution in [0.15, 0.2) is 21.5 Å². The molecule has 0 fully saturated rings. The fraction of sp³-hybridized carbons (Fsp3) is 0.111. The standard InChI is InChI=1S/C9H3BrF3NO2S/c10-4-1-5(8(15)16)6(3-14)7(2-4)17-9(11,12)13/h1-2H,(H,15,16). The van der Waals surface area contributed by atoms with Gasteiger partial charge in [-0.15, -0.1) is 0 Å². The maximum Gasteiger partial charge on any atom is 0.446 e. The van der Waals surface area contributed by atoms with Gasteiger partial charge in [-0.1, -0.05) is 15.9 Å². The van der Waals surface area contributed by atoms with E-state index in [-0.39, 0.29) is 4.47 Å². The molecule has 1 aromatic rings. The molecular weight excluding hydrogens is 323 g/mol. The van der Waals surface area contributed by atoms with Crippen molar-refractivity contribution < 1.29 is 23.1 Å². The van der Waals surface area contributed by atoms with Crippen molar-refractivity contribution in [3.8, 4) is 6.07 Å². The van der Waals surface area contributed by atoms with E-state index in [9.17, 15) is 18.0 Å². The molecule has 8 heteroatoms. The Morgan fingerprint density at radius 2 is 2.06 bits per heavy atom. The van der Waals surface area contributed by atoms with Gasteiger partial charge in [-0.2, -0.15) is 18.4 Å². The molecule has 0 aliphatic carbocycles. The number of carbonyl (C=O) groups is 1. The molecule has 1 aromatic carbocycles. The molecule has 0 aliphatic rings. The molecule has 0 unspecified atom stereocenters. The van der Waals surface area contributed by atoms with Crippen molar-refractivity contribution in [3.05, 3.63) is 27.7 Å². The average molecular weight is 326 g/mol. The SMILES string of the molecule is N#Cc1c(SC(F)(F)F)cc(Br)cc1C(=O)O. The van der Waals surface area contributed by atoms with E-state index in [0.717, 1.165) is 12.1 Å². The van der Waals surface area contributed by atoms with Gasteiger partial charge in [0.05, 0.1) is 11.1 Å². The van der Waals surface area contributed by atoms with Crippen molar-refractivity contribution in [3.63, 3.8) is 0 Å². The molecule has 0 radical (unpaired) electrons. The third-order valence-corrected chi connectivity index (χ3v) is 2.87. The van der Waals surface area contributed by atoms with Gasteiger partial charge in [-0.3, -0.25) is 0 Å². The third kappa shape index (κ3) is 3.64. The molecule has 0 saturated carbocycles. The Bertz CT molecular complexity index is 510. The van der Waals surface area contributed by atoms with Crippen molar-refractivity contribution in [1.29, 1.82) is 5.26 Å². The Hall–Kier alpha value is -1.20. The molecule has 1 rings (SSSR count). The highest BCUT2D eigenvalue weighted by molar-refractivity contribution is 9.10. The summed E-state index contributed by atoms with van der Waals surface area (Å²) < 4.78 is 36.8. The number of hydrogen-bond donors (Lipinski definition) is 1. The second-order valence-corrected chi connectivity index (χ2v) is 4.81. The molecule has 0 saturated heterocycles.